The fourth-order valence-corrected chi connectivity index (χ4v) is 3.88. The number of carbonyl (C=O) groups is 1. The predicted molar refractivity (Wildman–Crippen MR) is 76.8 cm³/mol. The van der Waals surface area contributed by atoms with Gasteiger partial charge >= 0.3 is 0 Å². The van der Waals surface area contributed by atoms with Crippen LogP contribution in [0.15, 0.2) is 4.52 Å². The first-order chi connectivity index (χ1) is 10.3. The van der Waals surface area contributed by atoms with Crippen molar-refractivity contribution in [3.05, 3.63) is 11.7 Å². The van der Waals surface area contributed by atoms with Crippen LogP contribution in [0.1, 0.15) is 81.3 Å². The van der Waals surface area contributed by atoms with E-state index in [9.17, 15) is 4.79 Å². The van der Waals surface area contributed by atoms with Crippen molar-refractivity contribution in [3.63, 3.8) is 0 Å². The lowest BCUT2D eigenvalue weighted by molar-refractivity contribution is -0.130. The molecule has 2 heterocycles. The Bertz CT molecular complexity index is 517. The van der Waals surface area contributed by atoms with Gasteiger partial charge in [-0.05, 0) is 25.7 Å². The van der Waals surface area contributed by atoms with Crippen LogP contribution in [0.25, 0.3) is 0 Å². The van der Waals surface area contributed by atoms with E-state index in [4.69, 9.17) is 4.52 Å². The van der Waals surface area contributed by atoms with Crippen molar-refractivity contribution < 1.29 is 9.32 Å². The van der Waals surface area contributed by atoms with Gasteiger partial charge in [0.15, 0.2) is 5.82 Å². The smallest absolute Gasteiger partial charge is 0.229 e. The highest BCUT2D eigenvalue weighted by Gasteiger charge is 2.38. The minimum Gasteiger partial charge on any atom is -0.339 e. The van der Waals surface area contributed by atoms with Gasteiger partial charge in [0, 0.05) is 30.8 Å². The van der Waals surface area contributed by atoms with Gasteiger partial charge in [-0.15, -0.1) is 0 Å². The number of hydrogen-bond donors (Lipinski definition) is 0. The van der Waals surface area contributed by atoms with Crippen LogP contribution in [-0.4, -0.2) is 33.5 Å². The Hall–Kier alpha value is -1.39. The number of likely N-dealkylation sites (tertiary alicyclic amines) is 1. The molecule has 4 rings (SSSR count). The topological polar surface area (TPSA) is 59.2 Å². The van der Waals surface area contributed by atoms with Crippen molar-refractivity contribution >= 4 is 5.91 Å². The Balaban J connectivity index is 1.44. The van der Waals surface area contributed by atoms with Crippen LogP contribution < -0.4 is 0 Å². The van der Waals surface area contributed by atoms with Crippen LogP contribution in [0, 0.1) is 0 Å². The summed E-state index contributed by atoms with van der Waals surface area (Å²) in [5.41, 5.74) is 0. The second-order valence-corrected chi connectivity index (χ2v) is 6.86. The molecule has 0 spiro atoms. The van der Waals surface area contributed by atoms with E-state index in [0.717, 1.165) is 31.1 Å². The highest BCUT2D eigenvalue weighted by Crippen LogP contribution is 2.37. The van der Waals surface area contributed by atoms with Crippen molar-refractivity contribution in [1.29, 1.82) is 0 Å². The van der Waals surface area contributed by atoms with Gasteiger partial charge in [0.25, 0.3) is 0 Å². The monoisotopic (exact) mass is 289 g/mol. The SMILES string of the molecule is O=C1CC(c2noc(C3CCC3)n2)CN1C1CCCCC1. The van der Waals surface area contributed by atoms with Crippen LogP contribution in [0.4, 0.5) is 0 Å². The molecule has 1 atom stereocenters. The quantitative estimate of drug-likeness (QED) is 0.858. The number of hydrogen-bond acceptors (Lipinski definition) is 4. The van der Waals surface area contributed by atoms with Crippen LogP contribution in [0.5, 0.6) is 0 Å². The predicted octanol–water partition coefficient (Wildman–Crippen LogP) is 2.99. The molecule has 1 aliphatic heterocycles. The number of carbonyl (C=O) groups excluding carboxylic acids is 1. The van der Waals surface area contributed by atoms with E-state index >= 15 is 0 Å². The van der Waals surface area contributed by atoms with E-state index in [1.54, 1.807) is 0 Å². The van der Waals surface area contributed by atoms with Gasteiger partial charge < -0.3 is 9.42 Å². The molecule has 0 radical (unpaired) electrons. The van der Waals surface area contributed by atoms with E-state index in [0.29, 0.717) is 18.4 Å². The van der Waals surface area contributed by atoms with Gasteiger partial charge in [-0.2, -0.15) is 4.98 Å². The number of aromatic nitrogens is 2. The molecule has 1 aromatic heterocycles. The minimum absolute atomic E-state index is 0.136. The van der Waals surface area contributed by atoms with E-state index in [1.165, 1.54) is 38.5 Å². The second kappa shape index (κ2) is 5.43. The first-order valence-electron chi connectivity index (χ1n) is 8.44. The molecule has 1 saturated heterocycles. The average Bonchev–Trinajstić information content (AvgIpc) is 3.05. The number of amides is 1. The first-order valence-corrected chi connectivity index (χ1v) is 8.44. The van der Waals surface area contributed by atoms with Crippen molar-refractivity contribution in [1.82, 2.24) is 15.0 Å². The molecule has 2 aliphatic carbocycles. The summed E-state index contributed by atoms with van der Waals surface area (Å²) < 4.78 is 5.41. The van der Waals surface area contributed by atoms with Gasteiger partial charge in [0.2, 0.25) is 11.8 Å². The molecule has 3 aliphatic rings. The maximum absolute atomic E-state index is 12.3. The Kier molecular flexibility index (Phi) is 3.43. The van der Waals surface area contributed by atoms with Crippen LogP contribution in [-0.2, 0) is 4.79 Å². The highest BCUT2D eigenvalue weighted by atomic mass is 16.5. The fourth-order valence-electron chi connectivity index (χ4n) is 3.88. The largest absolute Gasteiger partial charge is 0.339 e. The van der Waals surface area contributed by atoms with Gasteiger partial charge in [-0.3, -0.25) is 4.79 Å². The first kappa shape index (κ1) is 13.3. The lowest BCUT2D eigenvalue weighted by Crippen LogP contribution is -2.37. The molecule has 2 saturated carbocycles. The third-order valence-corrected chi connectivity index (χ3v) is 5.45. The van der Waals surface area contributed by atoms with Crippen molar-refractivity contribution in [2.24, 2.45) is 0 Å². The molecule has 0 N–H and O–H groups in total. The molecule has 0 bridgehead atoms. The summed E-state index contributed by atoms with van der Waals surface area (Å²) in [6.07, 6.45) is 10.3. The lowest BCUT2D eigenvalue weighted by atomic mass is 9.85. The number of nitrogens with zero attached hydrogens (tertiary/aromatic N) is 3. The van der Waals surface area contributed by atoms with Gasteiger partial charge in [-0.1, -0.05) is 30.8 Å². The molecule has 0 aromatic carbocycles. The zero-order valence-electron chi connectivity index (χ0n) is 12.5. The van der Waals surface area contributed by atoms with E-state index in [2.05, 4.69) is 15.0 Å². The van der Waals surface area contributed by atoms with E-state index in [1.807, 2.05) is 0 Å². The third-order valence-electron chi connectivity index (χ3n) is 5.45. The minimum atomic E-state index is 0.136. The molecule has 21 heavy (non-hydrogen) atoms. The maximum Gasteiger partial charge on any atom is 0.229 e. The maximum atomic E-state index is 12.3. The zero-order chi connectivity index (χ0) is 14.2. The molecule has 5 heteroatoms. The van der Waals surface area contributed by atoms with E-state index < -0.39 is 0 Å². The van der Waals surface area contributed by atoms with Crippen molar-refractivity contribution in [2.75, 3.05) is 6.54 Å². The summed E-state index contributed by atoms with van der Waals surface area (Å²) in [4.78, 5) is 19.0. The van der Waals surface area contributed by atoms with Crippen LogP contribution in [0.2, 0.25) is 0 Å². The average molecular weight is 289 g/mol. The van der Waals surface area contributed by atoms with Crippen LogP contribution >= 0.6 is 0 Å². The zero-order valence-corrected chi connectivity index (χ0v) is 12.5. The third kappa shape index (κ3) is 2.47. The van der Waals surface area contributed by atoms with Crippen molar-refractivity contribution in [2.45, 2.75) is 75.7 Å². The molecular formula is C16H23N3O2. The highest BCUT2D eigenvalue weighted by molar-refractivity contribution is 5.79. The summed E-state index contributed by atoms with van der Waals surface area (Å²) in [6.45, 7) is 0.785. The Morgan fingerprint density at radius 2 is 1.81 bits per heavy atom. The van der Waals surface area contributed by atoms with E-state index in [-0.39, 0.29) is 11.8 Å². The van der Waals surface area contributed by atoms with Gasteiger partial charge in [0.1, 0.15) is 0 Å². The number of rotatable bonds is 3. The summed E-state index contributed by atoms with van der Waals surface area (Å²) in [5, 5.41) is 4.15. The van der Waals surface area contributed by atoms with Gasteiger partial charge in [0.05, 0.1) is 0 Å². The summed E-state index contributed by atoms with van der Waals surface area (Å²) in [5.74, 6) is 2.43. The van der Waals surface area contributed by atoms with Crippen molar-refractivity contribution in [3.8, 4) is 0 Å². The Morgan fingerprint density at radius 3 is 2.52 bits per heavy atom. The molecule has 114 valence electrons. The molecule has 5 nitrogen and oxygen atoms in total. The normalized spacial score (nSPS) is 28.1. The second-order valence-electron chi connectivity index (χ2n) is 6.86. The Morgan fingerprint density at radius 1 is 1.00 bits per heavy atom. The molecule has 1 aromatic rings. The summed E-state index contributed by atoms with van der Waals surface area (Å²) in [7, 11) is 0. The Labute approximate surface area is 125 Å². The summed E-state index contributed by atoms with van der Waals surface area (Å²) >= 11 is 0. The molecular weight excluding hydrogens is 266 g/mol. The molecule has 1 unspecified atom stereocenters. The van der Waals surface area contributed by atoms with Gasteiger partial charge in [-0.25, -0.2) is 0 Å². The fraction of sp³-hybridized carbons (Fsp3) is 0.812. The molecule has 3 fully saturated rings. The lowest BCUT2D eigenvalue weighted by Gasteiger charge is -2.31. The molecule has 1 amide bonds. The standard InChI is InChI=1S/C16H23N3O2/c20-14-9-12(10-19(14)13-7-2-1-3-8-13)15-17-16(21-18-15)11-5-4-6-11/h11-13H,1-10H2. The van der Waals surface area contributed by atoms with Crippen LogP contribution in [0.3, 0.4) is 0 Å². The summed E-state index contributed by atoms with van der Waals surface area (Å²) in [6, 6.07) is 0.453.